The first-order valence-electron chi connectivity index (χ1n) is 7.56. The van der Waals surface area contributed by atoms with E-state index in [2.05, 4.69) is 5.32 Å². The molecule has 132 valence electrons. The van der Waals surface area contributed by atoms with Gasteiger partial charge in [0, 0.05) is 11.4 Å². The van der Waals surface area contributed by atoms with Crippen LogP contribution >= 0.6 is 0 Å². The standard InChI is InChI=1S/C18H20N2O5/c1-24-15-7-3-13(4-8-15)19-17(21)11-20(12-18(22)23)14-5-9-16(25-2)10-6-14/h3-10H,11-12H2,1-2H3,(H,19,21)(H,22,23). The third kappa shape index (κ3) is 5.42. The fraction of sp³-hybridized carbons (Fsp3) is 0.222. The lowest BCUT2D eigenvalue weighted by Crippen LogP contribution is -2.37. The van der Waals surface area contributed by atoms with Gasteiger partial charge in [-0.15, -0.1) is 0 Å². The highest BCUT2D eigenvalue weighted by molar-refractivity contribution is 5.94. The van der Waals surface area contributed by atoms with Crippen molar-refractivity contribution >= 4 is 23.3 Å². The van der Waals surface area contributed by atoms with Gasteiger partial charge in [0.1, 0.15) is 18.0 Å². The number of hydrogen-bond acceptors (Lipinski definition) is 5. The van der Waals surface area contributed by atoms with Crippen molar-refractivity contribution in [3.63, 3.8) is 0 Å². The number of carboxylic acids is 1. The Morgan fingerprint density at radius 1 is 0.920 bits per heavy atom. The van der Waals surface area contributed by atoms with Gasteiger partial charge in [-0.2, -0.15) is 0 Å². The molecule has 0 aromatic heterocycles. The zero-order valence-electron chi connectivity index (χ0n) is 14.1. The van der Waals surface area contributed by atoms with Gasteiger partial charge in [-0.05, 0) is 48.5 Å². The normalized spacial score (nSPS) is 10.0. The number of ether oxygens (including phenoxy) is 2. The lowest BCUT2D eigenvalue weighted by molar-refractivity contribution is -0.135. The fourth-order valence-corrected chi connectivity index (χ4v) is 2.24. The molecule has 0 fully saturated rings. The van der Waals surface area contributed by atoms with E-state index in [-0.39, 0.29) is 19.0 Å². The maximum Gasteiger partial charge on any atom is 0.323 e. The van der Waals surface area contributed by atoms with Gasteiger partial charge < -0.3 is 24.8 Å². The van der Waals surface area contributed by atoms with Crippen LogP contribution in [0.15, 0.2) is 48.5 Å². The van der Waals surface area contributed by atoms with Crippen LogP contribution in [0.5, 0.6) is 11.5 Å². The zero-order chi connectivity index (χ0) is 18.2. The zero-order valence-corrected chi connectivity index (χ0v) is 14.1. The monoisotopic (exact) mass is 344 g/mol. The number of carbonyl (C=O) groups is 2. The Morgan fingerprint density at radius 2 is 1.44 bits per heavy atom. The molecule has 25 heavy (non-hydrogen) atoms. The topological polar surface area (TPSA) is 88.1 Å². The molecule has 0 aliphatic rings. The average molecular weight is 344 g/mol. The first-order valence-corrected chi connectivity index (χ1v) is 7.56. The molecule has 0 atom stereocenters. The molecule has 0 bridgehead atoms. The molecule has 0 aliphatic heterocycles. The predicted molar refractivity (Wildman–Crippen MR) is 94.5 cm³/mol. The summed E-state index contributed by atoms with van der Waals surface area (Å²) in [5.41, 5.74) is 1.23. The molecule has 1 amide bonds. The molecule has 0 spiro atoms. The summed E-state index contributed by atoms with van der Waals surface area (Å²) in [5.74, 6) is 0.000690. The van der Waals surface area contributed by atoms with Crippen molar-refractivity contribution < 1.29 is 24.2 Å². The Labute approximate surface area is 145 Å². The minimum absolute atomic E-state index is 0.0926. The second-order valence-corrected chi connectivity index (χ2v) is 5.22. The molecular formula is C18H20N2O5. The van der Waals surface area contributed by atoms with Crippen molar-refractivity contribution in [1.82, 2.24) is 0 Å². The van der Waals surface area contributed by atoms with Crippen LogP contribution in [0, 0.1) is 0 Å². The van der Waals surface area contributed by atoms with Gasteiger partial charge in [-0.3, -0.25) is 9.59 Å². The van der Waals surface area contributed by atoms with Crippen molar-refractivity contribution in [3.8, 4) is 11.5 Å². The van der Waals surface area contributed by atoms with E-state index in [9.17, 15) is 9.59 Å². The third-order valence-corrected chi connectivity index (χ3v) is 3.47. The van der Waals surface area contributed by atoms with Crippen LogP contribution < -0.4 is 19.7 Å². The second kappa shape index (κ2) is 8.58. The summed E-state index contributed by atoms with van der Waals surface area (Å²) in [4.78, 5) is 24.8. The van der Waals surface area contributed by atoms with Crippen LogP contribution in [0.1, 0.15) is 0 Å². The Hall–Kier alpha value is -3.22. The van der Waals surface area contributed by atoms with Crippen molar-refractivity contribution in [1.29, 1.82) is 0 Å². The van der Waals surface area contributed by atoms with Crippen molar-refractivity contribution in [2.24, 2.45) is 0 Å². The molecule has 7 heteroatoms. The number of rotatable bonds is 8. The van der Waals surface area contributed by atoms with E-state index >= 15 is 0 Å². The number of amides is 1. The van der Waals surface area contributed by atoms with Crippen LogP contribution in [0.2, 0.25) is 0 Å². The number of hydrogen-bond donors (Lipinski definition) is 2. The van der Waals surface area contributed by atoms with E-state index in [4.69, 9.17) is 14.6 Å². The maximum atomic E-state index is 12.3. The second-order valence-electron chi connectivity index (χ2n) is 5.22. The molecular weight excluding hydrogens is 324 g/mol. The number of aliphatic carboxylic acids is 1. The Kier molecular flexibility index (Phi) is 6.22. The fourth-order valence-electron chi connectivity index (χ4n) is 2.24. The van der Waals surface area contributed by atoms with E-state index in [0.717, 1.165) is 0 Å². The maximum absolute atomic E-state index is 12.3. The highest BCUT2D eigenvalue weighted by Crippen LogP contribution is 2.19. The summed E-state index contributed by atoms with van der Waals surface area (Å²) in [7, 11) is 3.11. The van der Waals surface area contributed by atoms with Crippen LogP contribution in [0.3, 0.4) is 0 Å². The van der Waals surface area contributed by atoms with Crippen LogP contribution in [0.25, 0.3) is 0 Å². The van der Waals surface area contributed by atoms with Crippen molar-refractivity contribution in [3.05, 3.63) is 48.5 Å². The SMILES string of the molecule is COc1ccc(NC(=O)CN(CC(=O)O)c2ccc(OC)cc2)cc1. The number of nitrogens with one attached hydrogen (secondary N) is 1. The summed E-state index contributed by atoms with van der Waals surface area (Å²) >= 11 is 0. The molecule has 0 radical (unpaired) electrons. The number of anilines is 2. The van der Waals surface area contributed by atoms with E-state index in [1.807, 2.05) is 0 Å². The lowest BCUT2D eigenvalue weighted by atomic mass is 10.2. The first-order chi connectivity index (χ1) is 12.0. The Morgan fingerprint density at radius 3 is 1.92 bits per heavy atom. The highest BCUT2D eigenvalue weighted by atomic mass is 16.5. The van der Waals surface area contributed by atoms with Gasteiger partial charge >= 0.3 is 5.97 Å². The van der Waals surface area contributed by atoms with Crippen LogP contribution in [-0.4, -0.2) is 44.3 Å². The van der Waals surface area contributed by atoms with Crippen LogP contribution in [0.4, 0.5) is 11.4 Å². The number of nitrogens with zero attached hydrogens (tertiary/aromatic N) is 1. The molecule has 2 N–H and O–H groups in total. The van der Waals surface area contributed by atoms with Gasteiger partial charge in [-0.25, -0.2) is 0 Å². The van der Waals surface area contributed by atoms with Crippen molar-refractivity contribution in [2.75, 3.05) is 37.5 Å². The van der Waals surface area contributed by atoms with Crippen molar-refractivity contribution in [2.45, 2.75) is 0 Å². The van der Waals surface area contributed by atoms with E-state index in [1.165, 1.54) is 4.90 Å². The average Bonchev–Trinajstić information content (AvgIpc) is 2.61. The summed E-state index contributed by atoms with van der Waals surface area (Å²) in [5, 5.41) is 11.8. The Bertz CT molecular complexity index is 713. The largest absolute Gasteiger partial charge is 0.497 e. The molecule has 7 nitrogen and oxygen atoms in total. The van der Waals surface area contributed by atoms with Gasteiger partial charge in [-0.1, -0.05) is 0 Å². The lowest BCUT2D eigenvalue weighted by Gasteiger charge is -2.22. The van der Waals surface area contributed by atoms with Crippen LogP contribution in [-0.2, 0) is 9.59 Å². The molecule has 2 aromatic carbocycles. The summed E-state index contributed by atoms with van der Waals surface area (Å²) in [6.45, 7) is -0.382. The van der Waals surface area contributed by atoms with Gasteiger partial charge in [0.15, 0.2) is 0 Å². The molecule has 0 aliphatic carbocycles. The summed E-state index contributed by atoms with van der Waals surface area (Å²) in [6.07, 6.45) is 0. The number of carboxylic acid groups (broad SMARTS) is 1. The van der Waals surface area contributed by atoms with Gasteiger partial charge in [0.05, 0.1) is 20.8 Å². The predicted octanol–water partition coefficient (Wildman–Crippen LogP) is 2.23. The minimum atomic E-state index is -1.02. The van der Waals surface area contributed by atoms with E-state index in [1.54, 1.807) is 62.8 Å². The molecule has 0 saturated heterocycles. The van der Waals surface area contributed by atoms with E-state index < -0.39 is 5.97 Å². The first kappa shape index (κ1) is 18.1. The number of carbonyl (C=O) groups excluding carboxylic acids is 1. The number of methoxy groups -OCH3 is 2. The van der Waals surface area contributed by atoms with Gasteiger partial charge in [0.2, 0.25) is 5.91 Å². The van der Waals surface area contributed by atoms with E-state index in [0.29, 0.717) is 22.9 Å². The Balaban J connectivity index is 2.06. The quantitative estimate of drug-likeness (QED) is 0.763. The summed E-state index contributed by atoms with van der Waals surface area (Å²) < 4.78 is 10.1. The summed E-state index contributed by atoms with van der Waals surface area (Å²) in [6, 6.07) is 13.7. The molecule has 0 unspecified atom stereocenters. The molecule has 2 aromatic rings. The molecule has 2 rings (SSSR count). The molecule has 0 saturated carbocycles. The molecule has 0 heterocycles. The van der Waals surface area contributed by atoms with Gasteiger partial charge in [0.25, 0.3) is 0 Å². The highest BCUT2D eigenvalue weighted by Gasteiger charge is 2.15. The smallest absolute Gasteiger partial charge is 0.323 e. The minimum Gasteiger partial charge on any atom is -0.497 e. The number of benzene rings is 2. The third-order valence-electron chi connectivity index (χ3n) is 3.47.